The van der Waals surface area contributed by atoms with Gasteiger partial charge in [0.2, 0.25) is 5.91 Å². The van der Waals surface area contributed by atoms with Gasteiger partial charge in [-0.2, -0.15) is 0 Å². The van der Waals surface area contributed by atoms with Crippen LogP contribution in [0.4, 0.5) is 0 Å². The van der Waals surface area contributed by atoms with E-state index in [2.05, 4.69) is 27.8 Å². The summed E-state index contributed by atoms with van der Waals surface area (Å²) in [7, 11) is 1.86. The van der Waals surface area contributed by atoms with E-state index >= 15 is 0 Å². The first-order chi connectivity index (χ1) is 15.3. The van der Waals surface area contributed by atoms with Crippen molar-refractivity contribution >= 4 is 35.2 Å². The van der Waals surface area contributed by atoms with Crippen LogP contribution in [-0.2, 0) is 11.8 Å². The molecule has 1 aliphatic rings. The van der Waals surface area contributed by atoms with Crippen LogP contribution < -0.4 is 10.6 Å². The molecule has 7 nitrogen and oxygen atoms in total. The lowest BCUT2D eigenvalue weighted by atomic mass is 9.86. The van der Waals surface area contributed by atoms with E-state index in [1.54, 1.807) is 24.3 Å². The monoisotopic (exact) mass is 477 g/mol. The average molecular weight is 478 g/mol. The first-order valence-electron chi connectivity index (χ1n) is 11.1. The number of benzene rings is 1. The van der Waals surface area contributed by atoms with Crippen LogP contribution in [0.2, 0.25) is 5.02 Å². The minimum absolute atomic E-state index is 0.0229. The molecular weight excluding hydrogens is 446 g/mol. The zero-order valence-electron chi connectivity index (χ0n) is 19.1. The molecule has 0 unspecified atom stereocenters. The Labute approximate surface area is 199 Å². The number of nitrogens with one attached hydrogen (secondary N) is 2. The van der Waals surface area contributed by atoms with Gasteiger partial charge in [-0.15, -0.1) is 10.2 Å². The topological polar surface area (TPSA) is 88.9 Å². The van der Waals surface area contributed by atoms with Crippen molar-refractivity contribution in [3.05, 3.63) is 40.7 Å². The van der Waals surface area contributed by atoms with Gasteiger partial charge in [0, 0.05) is 23.7 Å². The minimum atomic E-state index is -0.318. The summed E-state index contributed by atoms with van der Waals surface area (Å²) in [6.45, 7) is 6.25. The van der Waals surface area contributed by atoms with E-state index in [1.807, 2.05) is 25.5 Å². The van der Waals surface area contributed by atoms with E-state index in [4.69, 9.17) is 11.6 Å². The fourth-order valence-corrected chi connectivity index (χ4v) is 4.84. The molecular formula is C23H32ClN5O2S. The lowest BCUT2D eigenvalue weighted by molar-refractivity contribution is -0.119. The van der Waals surface area contributed by atoms with Crippen LogP contribution in [0.3, 0.4) is 0 Å². The van der Waals surface area contributed by atoms with Gasteiger partial charge in [0.05, 0.1) is 11.8 Å². The molecule has 9 heteroatoms. The molecule has 1 aromatic heterocycles. The van der Waals surface area contributed by atoms with E-state index in [1.165, 1.54) is 31.0 Å². The number of hydrogen-bond donors (Lipinski definition) is 2. The van der Waals surface area contributed by atoms with E-state index in [9.17, 15) is 9.59 Å². The van der Waals surface area contributed by atoms with Crippen LogP contribution in [0.1, 0.15) is 68.7 Å². The van der Waals surface area contributed by atoms with Crippen molar-refractivity contribution in [2.45, 2.75) is 63.7 Å². The molecule has 2 aromatic rings. The molecule has 3 atom stereocenters. The molecule has 0 saturated heterocycles. The highest BCUT2D eigenvalue weighted by Crippen LogP contribution is 2.26. The smallest absolute Gasteiger partial charge is 0.251 e. The molecule has 174 valence electrons. The molecule has 0 bridgehead atoms. The highest BCUT2D eigenvalue weighted by molar-refractivity contribution is 7.99. The van der Waals surface area contributed by atoms with Gasteiger partial charge in [-0.05, 0) is 48.9 Å². The Balaban J connectivity index is 1.62. The van der Waals surface area contributed by atoms with Gasteiger partial charge in [-0.25, -0.2) is 0 Å². The Morgan fingerprint density at radius 1 is 1.19 bits per heavy atom. The Hall–Kier alpha value is -2.06. The molecule has 0 spiro atoms. The lowest BCUT2D eigenvalue weighted by Gasteiger charge is -2.29. The van der Waals surface area contributed by atoms with Crippen molar-refractivity contribution in [2.24, 2.45) is 18.9 Å². The fourth-order valence-electron chi connectivity index (χ4n) is 3.99. The number of halogens is 1. The summed E-state index contributed by atoms with van der Waals surface area (Å²) in [4.78, 5) is 25.2. The van der Waals surface area contributed by atoms with Gasteiger partial charge >= 0.3 is 0 Å². The number of thioether (sulfide) groups is 1. The highest BCUT2D eigenvalue weighted by Gasteiger charge is 2.26. The van der Waals surface area contributed by atoms with Crippen molar-refractivity contribution < 1.29 is 9.59 Å². The molecule has 2 amide bonds. The molecule has 0 aliphatic heterocycles. The standard InChI is InChI=1S/C23H32ClN5O2S/c1-14(2)20(26-22(31)16-9-11-17(24)12-10-16)21-27-28-23(29(21)4)32-13-19(30)25-18-8-6-5-7-15(18)3/h9-12,14-15,18,20H,5-8,13H2,1-4H3,(H,25,30)(H,26,31)/t15-,18+,20+/m1/s1. The molecule has 32 heavy (non-hydrogen) atoms. The number of amides is 2. The summed E-state index contributed by atoms with van der Waals surface area (Å²) < 4.78 is 1.86. The zero-order valence-corrected chi connectivity index (χ0v) is 20.7. The van der Waals surface area contributed by atoms with Gasteiger partial charge in [0.15, 0.2) is 11.0 Å². The van der Waals surface area contributed by atoms with Crippen LogP contribution in [0, 0.1) is 11.8 Å². The van der Waals surface area contributed by atoms with Gasteiger partial charge in [0.1, 0.15) is 0 Å². The van der Waals surface area contributed by atoms with Crippen molar-refractivity contribution in [1.82, 2.24) is 25.4 Å². The highest BCUT2D eigenvalue weighted by atomic mass is 35.5. The quantitative estimate of drug-likeness (QED) is 0.550. The summed E-state index contributed by atoms with van der Waals surface area (Å²) in [6.07, 6.45) is 4.64. The van der Waals surface area contributed by atoms with Crippen LogP contribution >= 0.6 is 23.4 Å². The molecule has 1 aromatic carbocycles. The molecule has 3 rings (SSSR count). The predicted octanol–water partition coefficient (Wildman–Crippen LogP) is 4.38. The number of carbonyl (C=O) groups is 2. The van der Waals surface area contributed by atoms with Crippen LogP contribution in [-0.4, -0.2) is 38.4 Å². The van der Waals surface area contributed by atoms with E-state index in [0.29, 0.717) is 33.2 Å². The van der Waals surface area contributed by atoms with Gasteiger partial charge in [-0.1, -0.05) is 57.0 Å². The van der Waals surface area contributed by atoms with Crippen molar-refractivity contribution in [3.63, 3.8) is 0 Å². The first-order valence-corrected chi connectivity index (χ1v) is 12.5. The summed E-state index contributed by atoms with van der Waals surface area (Å²) in [5, 5.41) is 16.1. The maximum atomic E-state index is 12.7. The number of aromatic nitrogens is 3. The average Bonchev–Trinajstić information content (AvgIpc) is 3.12. The Morgan fingerprint density at radius 2 is 1.88 bits per heavy atom. The van der Waals surface area contributed by atoms with Gasteiger partial charge in [-0.3, -0.25) is 9.59 Å². The van der Waals surface area contributed by atoms with E-state index in [-0.39, 0.29) is 29.8 Å². The summed E-state index contributed by atoms with van der Waals surface area (Å²) in [5.41, 5.74) is 0.533. The van der Waals surface area contributed by atoms with Gasteiger partial charge < -0.3 is 15.2 Å². The Morgan fingerprint density at radius 3 is 2.53 bits per heavy atom. The molecule has 2 N–H and O–H groups in total. The molecule has 1 heterocycles. The van der Waals surface area contributed by atoms with Crippen LogP contribution in [0.15, 0.2) is 29.4 Å². The van der Waals surface area contributed by atoms with E-state index < -0.39 is 0 Å². The lowest BCUT2D eigenvalue weighted by Crippen LogP contribution is -2.41. The van der Waals surface area contributed by atoms with Crippen molar-refractivity contribution in [2.75, 3.05) is 5.75 Å². The SMILES string of the molecule is CC(C)[C@H](NC(=O)c1ccc(Cl)cc1)c1nnc(SCC(=O)N[C@H]2CCCC[C@H]2C)n1C. The third-order valence-corrected chi connectivity index (χ3v) is 7.27. The number of nitrogens with zero attached hydrogens (tertiary/aromatic N) is 3. The molecule has 1 saturated carbocycles. The van der Waals surface area contributed by atoms with Crippen molar-refractivity contribution in [3.8, 4) is 0 Å². The summed E-state index contributed by atoms with van der Waals surface area (Å²) in [6, 6.07) is 6.72. The molecule has 0 radical (unpaired) electrons. The van der Waals surface area contributed by atoms with Crippen LogP contribution in [0.5, 0.6) is 0 Å². The molecule has 1 aliphatic carbocycles. The second-order valence-electron chi connectivity index (χ2n) is 8.83. The second-order valence-corrected chi connectivity index (χ2v) is 10.2. The maximum Gasteiger partial charge on any atom is 0.251 e. The third-order valence-electron chi connectivity index (χ3n) is 6.00. The first kappa shape index (κ1) is 24.6. The minimum Gasteiger partial charge on any atom is -0.352 e. The zero-order chi connectivity index (χ0) is 23.3. The molecule has 1 fully saturated rings. The Kier molecular flexibility index (Phi) is 8.59. The third kappa shape index (κ3) is 6.25. The summed E-state index contributed by atoms with van der Waals surface area (Å²) in [5.74, 6) is 1.40. The number of carbonyl (C=O) groups excluding carboxylic acids is 2. The van der Waals surface area contributed by atoms with E-state index in [0.717, 1.165) is 6.42 Å². The second kappa shape index (κ2) is 11.2. The summed E-state index contributed by atoms with van der Waals surface area (Å²) >= 11 is 7.28. The van der Waals surface area contributed by atoms with Gasteiger partial charge in [0.25, 0.3) is 5.91 Å². The van der Waals surface area contributed by atoms with Crippen molar-refractivity contribution in [1.29, 1.82) is 0 Å². The number of rotatable bonds is 8. The predicted molar refractivity (Wildman–Crippen MR) is 128 cm³/mol. The largest absolute Gasteiger partial charge is 0.352 e. The number of hydrogen-bond acceptors (Lipinski definition) is 5. The Bertz CT molecular complexity index is 931. The maximum absolute atomic E-state index is 12.7. The normalized spacial score (nSPS) is 19.6. The van der Waals surface area contributed by atoms with Crippen LogP contribution in [0.25, 0.3) is 0 Å². The fraction of sp³-hybridized carbons (Fsp3) is 0.565.